The number of nitrogens with zero attached hydrogens (tertiary/aromatic N) is 1. The van der Waals surface area contributed by atoms with E-state index in [0.717, 1.165) is 18.4 Å². The number of rotatable bonds is 7. The summed E-state index contributed by atoms with van der Waals surface area (Å²) in [5.41, 5.74) is 5.81. The predicted octanol–water partition coefficient (Wildman–Crippen LogP) is 3.25. The normalized spacial score (nSPS) is 20.8. The average molecular weight is 442 g/mol. The van der Waals surface area contributed by atoms with Crippen LogP contribution in [0.5, 0.6) is 0 Å². The summed E-state index contributed by atoms with van der Waals surface area (Å²) in [6, 6.07) is 6.23. The molecule has 1 saturated carbocycles. The lowest BCUT2D eigenvalue weighted by molar-refractivity contribution is -0.205. The zero-order valence-electron chi connectivity index (χ0n) is 17.8. The molecule has 2 atom stereocenters. The molecule has 1 amide bonds. The molecule has 3 rings (SSSR count). The van der Waals surface area contributed by atoms with Crippen LogP contribution in [-0.4, -0.2) is 61.9 Å². The van der Waals surface area contributed by atoms with Crippen LogP contribution < -0.4 is 5.73 Å². The van der Waals surface area contributed by atoms with Crippen molar-refractivity contribution in [2.75, 3.05) is 26.8 Å². The zero-order chi connectivity index (χ0) is 22.8. The van der Waals surface area contributed by atoms with E-state index in [1.165, 1.54) is 7.11 Å². The molecule has 0 bridgehead atoms. The first-order chi connectivity index (χ1) is 14.6. The van der Waals surface area contributed by atoms with Gasteiger partial charge in [0.15, 0.2) is 0 Å². The number of halogens is 3. The van der Waals surface area contributed by atoms with E-state index in [1.807, 2.05) is 12.1 Å². The van der Waals surface area contributed by atoms with Crippen molar-refractivity contribution in [3.05, 3.63) is 35.4 Å². The fourth-order valence-electron chi connectivity index (χ4n) is 3.91. The lowest BCUT2D eigenvalue weighted by Crippen LogP contribution is -2.52. The number of benzene rings is 1. The van der Waals surface area contributed by atoms with Crippen LogP contribution in [0.3, 0.4) is 0 Å². The third kappa shape index (κ3) is 5.20. The van der Waals surface area contributed by atoms with Gasteiger partial charge in [0.1, 0.15) is 6.04 Å². The molecule has 1 saturated heterocycles. The first kappa shape index (κ1) is 23.5. The van der Waals surface area contributed by atoms with Crippen LogP contribution in [0.1, 0.15) is 54.4 Å². The summed E-state index contributed by atoms with van der Waals surface area (Å²) < 4.78 is 49.2. The van der Waals surface area contributed by atoms with E-state index in [4.69, 9.17) is 15.2 Å². The standard InChI is InChI=1S/C22H29F3N2O4/c1-14(31-13-21(9-10-21)22(23,24)25)18(26)19(28)27-11-7-16(8-12-27)15-3-5-17(6-4-15)20(29)30-2/h3-6,14,16,18H,7-13,26H2,1-2H3/t14-,18+/m1/s1. The molecule has 2 fully saturated rings. The summed E-state index contributed by atoms with van der Waals surface area (Å²) in [5.74, 6) is -0.439. The number of piperidine rings is 1. The Labute approximate surface area is 179 Å². The first-order valence-corrected chi connectivity index (χ1v) is 10.5. The van der Waals surface area contributed by atoms with Gasteiger partial charge in [-0.2, -0.15) is 13.2 Å². The van der Waals surface area contributed by atoms with Crippen LogP contribution in [0.4, 0.5) is 13.2 Å². The highest BCUT2D eigenvalue weighted by molar-refractivity contribution is 5.89. The predicted molar refractivity (Wildman–Crippen MR) is 107 cm³/mol. The van der Waals surface area contributed by atoms with Crippen LogP contribution in [0, 0.1) is 5.41 Å². The molecule has 1 heterocycles. The number of nitrogens with two attached hydrogens (primary N) is 1. The monoisotopic (exact) mass is 442 g/mol. The van der Waals surface area contributed by atoms with Gasteiger partial charge < -0.3 is 20.1 Å². The van der Waals surface area contributed by atoms with Crippen molar-refractivity contribution in [1.82, 2.24) is 4.90 Å². The summed E-state index contributed by atoms with van der Waals surface area (Å²) in [6.45, 7) is 2.11. The number of amides is 1. The average Bonchev–Trinajstić information content (AvgIpc) is 3.57. The van der Waals surface area contributed by atoms with E-state index < -0.39 is 30.3 Å². The van der Waals surface area contributed by atoms with Gasteiger partial charge in [0.25, 0.3) is 0 Å². The Morgan fingerprint density at radius 1 is 1.19 bits per heavy atom. The van der Waals surface area contributed by atoms with E-state index in [9.17, 15) is 22.8 Å². The smallest absolute Gasteiger partial charge is 0.396 e. The molecular weight excluding hydrogens is 413 g/mol. The molecule has 6 nitrogen and oxygen atoms in total. The molecule has 31 heavy (non-hydrogen) atoms. The first-order valence-electron chi connectivity index (χ1n) is 10.5. The number of esters is 1. The minimum absolute atomic E-state index is 0.0561. The maximum absolute atomic E-state index is 13.0. The SMILES string of the molecule is COC(=O)c1ccc(C2CCN(C(=O)[C@@H](N)[C@@H](C)OCC3(C(F)(F)F)CC3)CC2)cc1. The lowest BCUT2D eigenvalue weighted by atomic mass is 9.88. The topological polar surface area (TPSA) is 81.9 Å². The molecule has 0 radical (unpaired) electrons. The number of alkyl halides is 3. The summed E-state index contributed by atoms with van der Waals surface area (Å²) >= 11 is 0. The van der Waals surface area contributed by atoms with E-state index in [2.05, 4.69) is 0 Å². The van der Waals surface area contributed by atoms with Crippen molar-refractivity contribution >= 4 is 11.9 Å². The fraction of sp³-hybridized carbons (Fsp3) is 0.636. The Bertz CT molecular complexity index is 785. The van der Waals surface area contributed by atoms with Gasteiger partial charge >= 0.3 is 12.1 Å². The number of hydrogen-bond acceptors (Lipinski definition) is 5. The molecule has 172 valence electrons. The van der Waals surface area contributed by atoms with Crippen LogP contribution >= 0.6 is 0 Å². The fourth-order valence-corrected chi connectivity index (χ4v) is 3.91. The van der Waals surface area contributed by atoms with Crippen molar-refractivity contribution in [3.8, 4) is 0 Å². The zero-order valence-corrected chi connectivity index (χ0v) is 17.8. The third-order valence-electron chi connectivity index (χ3n) is 6.48. The Balaban J connectivity index is 1.48. The van der Waals surface area contributed by atoms with Gasteiger partial charge in [-0.15, -0.1) is 0 Å². The highest BCUT2D eigenvalue weighted by Crippen LogP contribution is 2.57. The molecule has 0 spiro atoms. The lowest BCUT2D eigenvalue weighted by Gasteiger charge is -2.35. The maximum Gasteiger partial charge on any atom is 0.396 e. The van der Waals surface area contributed by atoms with Crippen molar-refractivity contribution in [3.63, 3.8) is 0 Å². The highest BCUT2D eigenvalue weighted by atomic mass is 19.4. The van der Waals surface area contributed by atoms with Gasteiger partial charge in [0, 0.05) is 13.1 Å². The molecule has 2 N–H and O–H groups in total. The molecule has 1 aliphatic carbocycles. The van der Waals surface area contributed by atoms with Crippen LogP contribution in [-0.2, 0) is 14.3 Å². The molecule has 1 aromatic rings. The second-order valence-electron chi connectivity index (χ2n) is 8.53. The van der Waals surface area contributed by atoms with Crippen molar-refractivity contribution in [2.24, 2.45) is 11.1 Å². The maximum atomic E-state index is 13.0. The van der Waals surface area contributed by atoms with E-state index in [-0.39, 0.29) is 30.6 Å². The van der Waals surface area contributed by atoms with Gasteiger partial charge in [-0.1, -0.05) is 12.1 Å². The van der Waals surface area contributed by atoms with Gasteiger partial charge in [-0.25, -0.2) is 4.79 Å². The quantitative estimate of drug-likeness (QED) is 0.656. The van der Waals surface area contributed by atoms with Crippen molar-refractivity contribution in [2.45, 2.75) is 56.8 Å². The Kier molecular flexibility index (Phi) is 6.95. The summed E-state index contributed by atoms with van der Waals surface area (Å²) in [4.78, 5) is 25.9. The molecule has 1 aromatic carbocycles. The van der Waals surface area contributed by atoms with Crippen molar-refractivity contribution < 1.29 is 32.2 Å². The number of likely N-dealkylation sites (tertiary alicyclic amines) is 1. The minimum Gasteiger partial charge on any atom is -0.465 e. The van der Waals surface area contributed by atoms with Gasteiger partial charge in [-0.3, -0.25) is 4.79 Å². The van der Waals surface area contributed by atoms with Crippen LogP contribution in [0.15, 0.2) is 24.3 Å². The number of carbonyl (C=O) groups excluding carboxylic acids is 2. The van der Waals surface area contributed by atoms with E-state index in [0.29, 0.717) is 18.7 Å². The summed E-state index contributed by atoms with van der Waals surface area (Å²) in [6.07, 6.45) is -3.50. The Morgan fingerprint density at radius 2 is 1.77 bits per heavy atom. The number of carbonyl (C=O) groups is 2. The Hall–Kier alpha value is -2.13. The largest absolute Gasteiger partial charge is 0.465 e. The van der Waals surface area contributed by atoms with Crippen molar-refractivity contribution in [1.29, 1.82) is 0 Å². The molecular formula is C22H29F3N2O4. The molecule has 9 heteroatoms. The van der Waals surface area contributed by atoms with E-state index in [1.54, 1.807) is 24.0 Å². The van der Waals surface area contributed by atoms with Crippen LogP contribution in [0.2, 0.25) is 0 Å². The summed E-state index contributed by atoms with van der Waals surface area (Å²) in [5, 5.41) is 0. The van der Waals surface area contributed by atoms with Gasteiger partial charge in [0.2, 0.25) is 5.91 Å². The molecule has 1 aliphatic heterocycles. The summed E-state index contributed by atoms with van der Waals surface area (Å²) in [7, 11) is 1.33. The van der Waals surface area contributed by atoms with Gasteiger partial charge in [0.05, 0.1) is 30.8 Å². The Morgan fingerprint density at radius 3 is 2.26 bits per heavy atom. The highest BCUT2D eigenvalue weighted by Gasteiger charge is 2.63. The van der Waals surface area contributed by atoms with Gasteiger partial charge in [-0.05, 0) is 56.2 Å². The molecule has 2 aliphatic rings. The van der Waals surface area contributed by atoms with Crippen LogP contribution in [0.25, 0.3) is 0 Å². The number of ether oxygens (including phenoxy) is 2. The molecule has 0 aromatic heterocycles. The number of methoxy groups -OCH3 is 1. The minimum atomic E-state index is -4.29. The second-order valence-corrected chi connectivity index (χ2v) is 8.53. The molecule has 0 unspecified atom stereocenters. The van der Waals surface area contributed by atoms with E-state index >= 15 is 0 Å². The second kappa shape index (κ2) is 9.16. The number of hydrogen-bond donors (Lipinski definition) is 1. The third-order valence-corrected chi connectivity index (χ3v) is 6.48.